The van der Waals surface area contributed by atoms with Crippen LogP contribution in [0.5, 0.6) is 0 Å². The van der Waals surface area contributed by atoms with Crippen molar-refractivity contribution in [3.63, 3.8) is 0 Å². The lowest BCUT2D eigenvalue weighted by atomic mass is 9.95. The van der Waals surface area contributed by atoms with Gasteiger partial charge < -0.3 is 4.90 Å². The predicted molar refractivity (Wildman–Crippen MR) is 119 cm³/mol. The van der Waals surface area contributed by atoms with Crippen LogP contribution < -0.4 is 0 Å². The van der Waals surface area contributed by atoms with Gasteiger partial charge in [0.25, 0.3) is 0 Å². The number of H-pyrrole nitrogens is 1. The van der Waals surface area contributed by atoms with Crippen molar-refractivity contribution >= 4 is 40.1 Å². The van der Waals surface area contributed by atoms with Crippen LogP contribution in [0.3, 0.4) is 0 Å². The van der Waals surface area contributed by atoms with Crippen LogP contribution >= 0.6 is 23.2 Å². The molecule has 0 aliphatic carbocycles. The van der Waals surface area contributed by atoms with Crippen LogP contribution in [0, 0.1) is 0 Å². The van der Waals surface area contributed by atoms with Crippen LogP contribution in [0.15, 0.2) is 54.7 Å². The van der Waals surface area contributed by atoms with Crippen LogP contribution in [-0.4, -0.2) is 32.5 Å². The Morgan fingerprint density at radius 3 is 2.77 bits per heavy atom. The topological polar surface area (TPSA) is 61.9 Å². The molecule has 1 amide bonds. The maximum atomic E-state index is 12.8. The van der Waals surface area contributed by atoms with Crippen molar-refractivity contribution in [3.8, 4) is 11.3 Å². The standard InChI is InChI=1S/C23H18Cl2N4O/c24-16-6-7-18(19(25)11-16)22-21-17-8-9-29(13-15(17)12-26-23(21)28-27-22)20(30)10-14-4-2-1-3-5-14/h1-7,11-12H,8-10,13H2,(H,26,27,28). The number of aromatic nitrogens is 3. The van der Waals surface area contributed by atoms with Crippen LogP contribution in [-0.2, 0) is 24.2 Å². The maximum absolute atomic E-state index is 12.8. The molecule has 0 spiro atoms. The number of nitrogens with zero attached hydrogens (tertiary/aromatic N) is 3. The molecule has 0 radical (unpaired) electrons. The lowest BCUT2D eigenvalue weighted by Gasteiger charge is -2.29. The quantitative estimate of drug-likeness (QED) is 0.488. The fourth-order valence-electron chi connectivity index (χ4n) is 4.02. The number of halogens is 2. The fourth-order valence-corrected chi connectivity index (χ4v) is 4.53. The summed E-state index contributed by atoms with van der Waals surface area (Å²) in [4.78, 5) is 19.2. The highest BCUT2D eigenvalue weighted by Crippen LogP contribution is 2.36. The van der Waals surface area contributed by atoms with E-state index in [4.69, 9.17) is 23.2 Å². The van der Waals surface area contributed by atoms with E-state index in [1.807, 2.05) is 53.6 Å². The summed E-state index contributed by atoms with van der Waals surface area (Å²) in [6.07, 6.45) is 2.98. The first-order valence-corrected chi connectivity index (χ1v) is 10.5. The number of fused-ring (bicyclic) bond motifs is 3. The number of carbonyl (C=O) groups excluding carboxylic acids is 1. The SMILES string of the molecule is O=C(Cc1ccccc1)N1CCc2c(cnc3n[nH]c(-c4ccc(Cl)cc4Cl)c23)C1. The number of aromatic amines is 1. The Labute approximate surface area is 183 Å². The fraction of sp³-hybridized carbons (Fsp3) is 0.174. The molecule has 5 rings (SSSR count). The van der Waals surface area contributed by atoms with E-state index >= 15 is 0 Å². The third-order valence-corrected chi connectivity index (χ3v) is 6.07. The van der Waals surface area contributed by atoms with Crippen molar-refractivity contribution in [3.05, 3.63) is 81.5 Å². The summed E-state index contributed by atoms with van der Waals surface area (Å²) in [5.74, 6) is 0.125. The second-order valence-electron chi connectivity index (χ2n) is 7.41. The van der Waals surface area contributed by atoms with Crippen molar-refractivity contribution in [2.45, 2.75) is 19.4 Å². The lowest BCUT2D eigenvalue weighted by Crippen LogP contribution is -2.37. The summed E-state index contributed by atoms with van der Waals surface area (Å²) in [5.41, 5.74) is 5.55. The van der Waals surface area contributed by atoms with Gasteiger partial charge in [0.1, 0.15) is 0 Å². The summed E-state index contributed by atoms with van der Waals surface area (Å²) < 4.78 is 0. The molecule has 4 aromatic rings. The number of hydrogen-bond acceptors (Lipinski definition) is 3. The Bertz CT molecular complexity index is 1250. The number of pyridine rings is 1. The normalized spacial score (nSPS) is 13.5. The van der Waals surface area contributed by atoms with E-state index in [1.165, 1.54) is 5.56 Å². The molecule has 1 aliphatic heterocycles. The zero-order valence-corrected chi connectivity index (χ0v) is 17.5. The summed E-state index contributed by atoms with van der Waals surface area (Å²) >= 11 is 12.5. The van der Waals surface area contributed by atoms with E-state index in [-0.39, 0.29) is 5.91 Å². The van der Waals surface area contributed by atoms with Gasteiger partial charge in [-0.1, -0.05) is 53.5 Å². The van der Waals surface area contributed by atoms with Crippen molar-refractivity contribution < 1.29 is 4.79 Å². The van der Waals surface area contributed by atoms with Crippen LogP contribution in [0.1, 0.15) is 16.7 Å². The monoisotopic (exact) mass is 436 g/mol. The van der Waals surface area contributed by atoms with E-state index in [9.17, 15) is 4.79 Å². The van der Waals surface area contributed by atoms with Crippen LogP contribution in [0.25, 0.3) is 22.3 Å². The van der Waals surface area contributed by atoms with Crippen molar-refractivity contribution in [2.75, 3.05) is 6.54 Å². The van der Waals surface area contributed by atoms with E-state index in [0.29, 0.717) is 35.2 Å². The first-order chi connectivity index (χ1) is 14.6. The Morgan fingerprint density at radius 1 is 1.13 bits per heavy atom. The first kappa shape index (κ1) is 19.1. The van der Waals surface area contributed by atoms with Crippen LogP contribution in [0.4, 0.5) is 0 Å². The molecule has 0 saturated heterocycles. The van der Waals surface area contributed by atoms with Crippen LogP contribution in [0.2, 0.25) is 10.0 Å². The van der Waals surface area contributed by atoms with Gasteiger partial charge in [0.15, 0.2) is 5.65 Å². The molecular weight excluding hydrogens is 419 g/mol. The molecule has 0 saturated carbocycles. The van der Waals surface area contributed by atoms with Gasteiger partial charge in [-0.25, -0.2) is 4.98 Å². The number of amides is 1. The molecule has 150 valence electrons. The summed E-state index contributed by atoms with van der Waals surface area (Å²) in [5, 5.41) is 9.56. The second kappa shape index (κ2) is 7.74. The molecule has 0 atom stereocenters. The number of nitrogens with one attached hydrogen (secondary N) is 1. The minimum atomic E-state index is 0.125. The zero-order chi connectivity index (χ0) is 20.7. The molecule has 0 unspecified atom stereocenters. The van der Waals surface area contributed by atoms with Crippen molar-refractivity contribution in [2.24, 2.45) is 0 Å². The molecule has 2 aromatic carbocycles. The smallest absolute Gasteiger partial charge is 0.227 e. The number of carbonyl (C=O) groups is 1. The molecule has 7 heteroatoms. The number of hydrogen-bond donors (Lipinski definition) is 1. The first-order valence-electron chi connectivity index (χ1n) is 9.72. The molecule has 5 nitrogen and oxygen atoms in total. The zero-order valence-electron chi connectivity index (χ0n) is 16.0. The highest BCUT2D eigenvalue weighted by Gasteiger charge is 2.25. The maximum Gasteiger partial charge on any atom is 0.227 e. The van der Waals surface area contributed by atoms with E-state index in [1.54, 1.807) is 6.07 Å². The Balaban J connectivity index is 1.48. The molecule has 1 aliphatic rings. The van der Waals surface area contributed by atoms with Gasteiger partial charge in [0.2, 0.25) is 5.91 Å². The van der Waals surface area contributed by atoms with E-state index < -0.39 is 0 Å². The minimum Gasteiger partial charge on any atom is -0.338 e. The number of benzene rings is 2. The van der Waals surface area contributed by atoms with E-state index in [2.05, 4.69) is 15.2 Å². The third kappa shape index (κ3) is 3.44. The average Bonchev–Trinajstić information content (AvgIpc) is 3.18. The predicted octanol–water partition coefficient (Wildman–Crippen LogP) is 5.06. The van der Waals surface area contributed by atoms with Gasteiger partial charge >= 0.3 is 0 Å². The highest BCUT2D eigenvalue weighted by molar-refractivity contribution is 6.36. The van der Waals surface area contributed by atoms with Gasteiger partial charge in [-0.3, -0.25) is 9.89 Å². The third-order valence-electron chi connectivity index (χ3n) is 5.52. The average molecular weight is 437 g/mol. The molecule has 1 N–H and O–H groups in total. The van der Waals surface area contributed by atoms with Crippen molar-refractivity contribution in [1.82, 2.24) is 20.1 Å². The Hall–Kier alpha value is -2.89. The van der Waals surface area contributed by atoms with Gasteiger partial charge in [-0.15, -0.1) is 0 Å². The summed E-state index contributed by atoms with van der Waals surface area (Å²) in [6, 6.07) is 15.2. The highest BCUT2D eigenvalue weighted by atomic mass is 35.5. The Morgan fingerprint density at radius 2 is 1.97 bits per heavy atom. The van der Waals surface area contributed by atoms with E-state index in [0.717, 1.165) is 34.2 Å². The molecule has 2 aromatic heterocycles. The second-order valence-corrected chi connectivity index (χ2v) is 8.25. The van der Waals surface area contributed by atoms with Crippen molar-refractivity contribution in [1.29, 1.82) is 0 Å². The van der Waals surface area contributed by atoms with Gasteiger partial charge in [-0.2, -0.15) is 5.10 Å². The molecule has 0 bridgehead atoms. The van der Waals surface area contributed by atoms with Gasteiger partial charge in [0, 0.05) is 29.9 Å². The van der Waals surface area contributed by atoms with Gasteiger partial charge in [-0.05, 0) is 41.3 Å². The summed E-state index contributed by atoms with van der Waals surface area (Å²) in [6.45, 7) is 1.21. The molecule has 30 heavy (non-hydrogen) atoms. The molecule has 0 fully saturated rings. The Kier molecular flexibility index (Phi) is 4.93. The number of rotatable bonds is 3. The molecular formula is C23H18Cl2N4O. The van der Waals surface area contributed by atoms with Gasteiger partial charge in [0.05, 0.1) is 22.5 Å². The lowest BCUT2D eigenvalue weighted by molar-refractivity contribution is -0.131. The molecule has 3 heterocycles. The largest absolute Gasteiger partial charge is 0.338 e. The minimum absolute atomic E-state index is 0.125. The summed E-state index contributed by atoms with van der Waals surface area (Å²) in [7, 11) is 0.